The maximum absolute atomic E-state index is 13.4. The van der Waals surface area contributed by atoms with Gasteiger partial charge in [0.15, 0.2) is 6.61 Å². The first kappa shape index (κ1) is 24.3. The highest BCUT2D eigenvalue weighted by molar-refractivity contribution is 7.98. The molecule has 1 aliphatic rings. The number of sulfonamides is 1. The molecule has 0 radical (unpaired) electrons. The Morgan fingerprint density at radius 1 is 1.16 bits per heavy atom. The van der Waals surface area contributed by atoms with E-state index < -0.39 is 34.5 Å². The summed E-state index contributed by atoms with van der Waals surface area (Å²) in [7, 11) is -3.88. The molecule has 2 aromatic rings. The molecule has 1 amide bonds. The van der Waals surface area contributed by atoms with Crippen LogP contribution in [0.3, 0.4) is 0 Å². The first-order chi connectivity index (χ1) is 15.1. The molecule has 32 heavy (non-hydrogen) atoms. The van der Waals surface area contributed by atoms with E-state index in [4.69, 9.17) is 4.74 Å². The molecule has 3 rings (SSSR count). The number of thioether (sulfide) groups is 1. The van der Waals surface area contributed by atoms with Gasteiger partial charge in [-0.05, 0) is 69.2 Å². The molecule has 0 aliphatic carbocycles. The molecule has 0 spiro atoms. The van der Waals surface area contributed by atoms with Crippen LogP contribution in [0.1, 0.15) is 29.5 Å². The average Bonchev–Trinajstić information content (AvgIpc) is 3.22. The lowest BCUT2D eigenvalue weighted by molar-refractivity contribution is -0.150. The summed E-state index contributed by atoms with van der Waals surface area (Å²) in [5, 5.41) is 2.69. The van der Waals surface area contributed by atoms with Gasteiger partial charge in [-0.15, -0.1) is 11.8 Å². The lowest BCUT2D eigenvalue weighted by atomic mass is 10.1. The van der Waals surface area contributed by atoms with E-state index in [-0.39, 0.29) is 11.4 Å². The Morgan fingerprint density at radius 3 is 2.50 bits per heavy atom. The summed E-state index contributed by atoms with van der Waals surface area (Å²) >= 11 is 1.55. The number of amides is 1. The highest BCUT2D eigenvalue weighted by atomic mass is 32.2. The topological polar surface area (TPSA) is 92.8 Å². The van der Waals surface area contributed by atoms with Crippen molar-refractivity contribution < 1.29 is 22.7 Å². The molecular formula is C23H28N2O5S2. The highest BCUT2D eigenvalue weighted by Gasteiger charge is 2.41. The van der Waals surface area contributed by atoms with Crippen LogP contribution in [-0.4, -0.2) is 50.0 Å². The van der Waals surface area contributed by atoms with Gasteiger partial charge in [-0.1, -0.05) is 23.8 Å². The number of anilines is 1. The van der Waals surface area contributed by atoms with Gasteiger partial charge in [-0.2, -0.15) is 4.31 Å². The zero-order chi connectivity index (χ0) is 23.5. The summed E-state index contributed by atoms with van der Waals surface area (Å²) in [6, 6.07) is 10.0. The molecule has 172 valence electrons. The van der Waals surface area contributed by atoms with Crippen molar-refractivity contribution in [1.29, 1.82) is 0 Å². The number of aryl methyl sites for hydroxylation is 3. The minimum absolute atomic E-state index is 0.231. The fourth-order valence-electron chi connectivity index (χ4n) is 4.09. The van der Waals surface area contributed by atoms with Crippen LogP contribution in [0, 0.1) is 20.8 Å². The van der Waals surface area contributed by atoms with Gasteiger partial charge >= 0.3 is 5.97 Å². The van der Waals surface area contributed by atoms with Crippen molar-refractivity contribution in [2.24, 2.45) is 0 Å². The van der Waals surface area contributed by atoms with Crippen molar-refractivity contribution in [2.75, 3.05) is 24.7 Å². The van der Waals surface area contributed by atoms with Crippen molar-refractivity contribution in [3.05, 3.63) is 53.1 Å². The quantitative estimate of drug-likeness (QED) is 0.484. The molecule has 1 N–H and O–H groups in total. The van der Waals surface area contributed by atoms with Crippen LogP contribution in [0.25, 0.3) is 0 Å². The van der Waals surface area contributed by atoms with Crippen LogP contribution in [0.15, 0.2) is 46.2 Å². The van der Waals surface area contributed by atoms with Gasteiger partial charge in [0.1, 0.15) is 6.04 Å². The smallest absolute Gasteiger partial charge is 0.324 e. The van der Waals surface area contributed by atoms with Crippen molar-refractivity contribution in [3.63, 3.8) is 0 Å². The van der Waals surface area contributed by atoms with Crippen molar-refractivity contribution >= 4 is 39.3 Å². The third-order valence-electron chi connectivity index (χ3n) is 5.35. The number of hydrogen-bond donors (Lipinski definition) is 1. The van der Waals surface area contributed by atoms with Gasteiger partial charge in [-0.3, -0.25) is 9.59 Å². The molecule has 0 bridgehead atoms. The number of carbonyl (C=O) groups is 2. The molecule has 0 aromatic heterocycles. The minimum Gasteiger partial charge on any atom is -0.454 e. The molecule has 1 saturated heterocycles. The molecular weight excluding hydrogens is 448 g/mol. The lowest BCUT2D eigenvalue weighted by Crippen LogP contribution is -2.42. The number of esters is 1. The van der Waals surface area contributed by atoms with Crippen LogP contribution in [0.4, 0.5) is 5.69 Å². The number of carbonyl (C=O) groups excluding carboxylic acids is 2. The summed E-state index contributed by atoms with van der Waals surface area (Å²) in [5.41, 5.74) is 2.88. The molecule has 2 aromatic carbocycles. The summed E-state index contributed by atoms with van der Waals surface area (Å²) in [5.74, 6) is -1.18. The number of nitrogens with one attached hydrogen (secondary N) is 1. The monoisotopic (exact) mass is 476 g/mol. The average molecular weight is 477 g/mol. The maximum Gasteiger partial charge on any atom is 0.324 e. The molecule has 7 nitrogen and oxygen atoms in total. The first-order valence-electron chi connectivity index (χ1n) is 10.3. The normalized spacial score (nSPS) is 16.7. The van der Waals surface area contributed by atoms with E-state index in [1.807, 2.05) is 43.5 Å². The fraction of sp³-hybridized carbons (Fsp3) is 0.391. The molecule has 1 unspecified atom stereocenters. The third-order valence-corrected chi connectivity index (χ3v) is 8.29. The van der Waals surface area contributed by atoms with E-state index >= 15 is 0 Å². The van der Waals surface area contributed by atoms with Gasteiger partial charge in [0, 0.05) is 17.1 Å². The van der Waals surface area contributed by atoms with Crippen LogP contribution in [-0.2, 0) is 24.3 Å². The first-order valence-corrected chi connectivity index (χ1v) is 13.0. The van der Waals surface area contributed by atoms with E-state index in [1.54, 1.807) is 31.7 Å². The molecule has 1 atom stereocenters. The second-order valence-corrected chi connectivity index (χ2v) is 10.6. The van der Waals surface area contributed by atoms with Crippen molar-refractivity contribution in [2.45, 2.75) is 49.4 Å². The third kappa shape index (κ3) is 5.33. The van der Waals surface area contributed by atoms with Crippen molar-refractivity contribution in [3.8, 4) is 0 Å². The van der Waals surface area contributed by atoms with E-state index in [9.17, 15) is 18.0 Å². The second kappa shape index (κ2) is 10.1. The SMILES string of the molecule is CSc1cccc(NC(=O)COC(=O)C2CCCN2S(=O)(=O)c2c(C)cc(C)cc2C)c1. The van der Waals surface area contributed by atoms with E-state index in [0.717, 1.165) is 10.5 Å². The zero-order valence-corrected chi connectivity index (χ0v) is 20.3. The molecule has 9 heteroatoms. The van der Waals surface area contributed by atoms with Crippen LogP contribution in [0.2, 0.25) is 0 Å². The zero-order valence-electron chi connectivity index (χ0n) is 18.7. The summed E-state index contributed by atoms with van der Waals surface area (Å²) < 4.78 is 33.2. The number of benzene rings is 2. The van der Waals surface area contributed by atoms with Crippen molar-refractivity contribution in [1.82, 2.24) is 4.31 Å². The number of ether oxygens (including phenoxy) is 1. The Bertz CT molecular complexity index is 1110. The molecule has 0 saturated carbocycles. The van der Waals surface area contributed by atoms with Gasteiger partial charge in [-0.25, -0.2) is 8.42 Å². The Morgan fingerprint density at radius 2 is 1.84 bits per heavy atom. The summed E-state index contributed by atoms with van der Waals surface area (Å²) in [6.07, 6.45) is 2.85. The molecule has 1 heterocycles. The Labute approximate surface area is 193 Å². The lowest BCUT2D eigenvalue weighted by Gasteiger charge is -2.24. The van der Waals surface area contributed by atoms with Gasteiger partial charge in [0.05, 0.1) is 4.90 Å². The number of nitrogens with zero attached hydrogens (tertiary/aromatic N) is 1. The van der Waals surface area contributed by atoms with Gasteiger partial charge in [0.25, 0.3) is 5.91 Å². The largest absolute Gasteiger partial charge is 0.454 e. The van der Waals surface area contributed by atoms with E-state index in [2.05, 4.69) is 5.32 Å². The molecule has 1 fully saturated rings. The second-order valence-electron chi connectivity index (χ2n) is 7.89. The standard InChI is InChI=1S/C23H28N2O5S2/c1-15-11-16(2)22(17(3)12-15)32(28,29)25-10-6-9-20(25)23(27)30-14-21(26)24-18-7-5-8-19(13-18)31-4/h5,7-8,11-13,20H,6,9-10,14H2,1-4H3,(H,24,26). The Hall–Kier alpha value is -2.36. The van der Waals surface area contributed by atoms with Crippen LogP contribution >= 0.6 is 11.8 Å². The summed E-state index contributed by atoms with van der Waals surface area (Å²) in [4.78, 5) is 26.2. The number of hydrogen-bond acceptors (Lipinski definition) is 6. The Kier molecular flexibility index (Phi) is 7.63. The van der Waals surface area contributed by atoms with Gasteiger partial charge < -0.3 is 10.1 Å². The predicted octanol–water partition coefficient (Wildman–Crippen LogP) is 3.67. The predicted molar refractivity (Wildman–Crippen MR) is 125 cm³/mol. The van der Waals surface area contributed by atoms with Crippen LogP contribution < -0.4 is 5.32 Å². The fourth-order valence-corrected chi connectivity index (χ4v) is 6.61. The highest BCUT2D eigenvalue weighted by Crippen LogP contribution is 2.31. The Balaban J connectivity index is 1.68. The van der Waals surface area contributed by atoms with Gasteiger partial charge in [0.2, 0.25) is 10.0 Å². The van der Waals surface area contributed by atoms with E-state index in [1.165, 1.54) is 4.31 Å². The minimum atomic E-state index is -3.88. The molecule has 1 aliphatic heterocycles. The van der Waals surface area contributed by atoms with E-state index in [0.29, 0.717) is 29.7 Å². The van der Waals surface area contributed by atoms with Crippen LogP contribution in [0.5, 0.6) is 0 Å². The summed E-state index contributed by atoms with van der Waals surface area (Å²) in [6.45, 7) is 5.19. The number of rotatable bonds is 7. The maximum atomic E-state index is 13.4.